The lowest BCUT2D eigenvalue weighted by Gasteiger charge is -2.51. The number of carbonyl (C=O) groups is 2. The highest BCUT2D eigenvalue weighted by Gasteiger charge is 2.64. The molecule has 0 saturated heterocycles. The third-order valence-electron chi connectivity index (χ3n) is 11.2. The van der Waals surface area contributed by atoms with E-state index in [1.54, 1.807) is 13.8 Å². The average molecular weight is 751 g/mol. The van der Waals surface area contributed by atoms with Gasteiger partial charge in [0.15, 0.2) is 11.6 Å². The lowest BCUT2D eigenvalue weighted by Crippen LogP contribution is -2.69. The van der Waals surface area contributed by atoms with Crippen molar-refractivity contribution >= 4 is 11.6 Å². The number of fused-ring (bicyclic) bond motifs is 4. The summed E-state index contributed by atoms with van der Waals surface area (Å²) in [5.41, 5.74) is 2.08. The van der Waals surface area contributed by atoms with Crippen molar-refractivity contribution in [1.82, 2.24) is 21.3 Å². The van der Waals surface area contributed by atoms with E-state index in [0.717, 1.165) is 24.0 Å². The van der Waals surface area contributed by atoms with Crippen LogP contribution in [0.15, 0.2) is 83.7 Å². The van der Waals surface area contributed by atoms with Crippen molar-refractivity contribution in [3.05, 3.63) is 115 Å². The third-order valence-corrected chi connectivity index (χ3v) is 11.2. The number of methoxy groups -OCH3 is 4. The Morgan fingerprint density at radius 1 is 0.648 bits per heavy atom. The number of carbonyl (C=O) groups excluding carboxylic acids is 2. The summed E-state index contributed by atoms with van der Waals surface area (Å²) in [5, 5.41) is 36.3. The number of Topliss-reactive ketones (excluding diaryl/α,β-unsaturated/α-hetero) is 2. The Balaban J connectivity index is 0.000000208. The van der Waals surface area contributed by atoms with Gasteiger partial charge in [-0.1, -0.05) is 74.5 Å². The van der Waals surface area contributed by atoms with Crippen LogP contribution >= 0.6 is 0 Å². The van der Waals surface area contributed by atoms with Gasteiger partial charge in [0.1, 0.15) is 23.4 Å². The molecule has 2 aliphatic carbocycles. The highest BCUT2D eigenvalue weighted by atomic mass is 16.7. The molecule has 6 rings (SSSR count). The van der Waals surface area contributed by atoms with Crippen molar-refractivity contribution in [3.63, 3.8) is 0 Å². The van der Waals surface area contributed by atoms with E-state index in [1.807, 2.05) is 60.7 Å². The van der Waals surface area contributed by atoms with E-state index in [2.05, 4.69) is 21.3 Å². The average Bonchev–Trinajstić information content (AvgIpc) is 3.17. The molecule has 0 amide bonds. The topological polar surface area (TPSA) is 205 Å². The molecule has 0 aromatic heterocycles. The molecule has 0 unspecified atom stereocenters. The maximum Gasteiger partial charge on any atom is 0.294 e. The molecular weight excluding hydrogens is 700 g/mol. The molecule has 16 nitrogen and oxygen atoms in total. The number of hydrogen-bond acceptors (Lipinski definition) is 14. The van der Waals surface area contributed by atoms with Gasteiger partial charge in [-0.3, -0.25) is 29.8 Å². The van der Waals surface area contributed by atoms with Crippen LogP contribution in [0.2, 0.25) is 0 Å². The number of benzene rings is 2. The number of ketones is 2. The minimum atomic E-state index is -1.25. The van der Waals surface area contributed by atoms with Crippen LogP contribution in [0.3, 0.4) is 0 Å². The second-order valence-corrected chi connectivity index (χ2v) is 13.9. The van der Waals surface area contributed by atoms with Crippen molar-refractivity contribution in [2.75, 3.05) is 41.5 Å². The Morgan fingerprint density at radius 3 is 1.28 bits per heavy atom. The summed E-state index contributed by atoms with van der Waals surface area (Å²) in [5.74, 6) is -4.23. The van der Waals surface area contributed by atoms with E-state index in [0.29, 0.717) is 24.7 Å². The highest BCUT2D eigenvalue weighted by molar-refractivity contribution is 5.84. The fourth-order valence-electron chi connectivity index (χ4n) is 8.31. The largest absolute Gasteiger partial charge is 0.366 e. The van der Waals surface area contributed by atoms with Crippen molar-refractivity contribution in [2.24, 2.45) is 23.7 Å². The standard InChI is InChI=1S/2C19H25N3O5/c2*1-12-15(23)11-14-16(22(24)25)18(21-17(12)19(14,26-2)27-3)20-10-9-13-7-5-4-6-8-13/h2*4-8,12,14,17,20-21H,9-11H2,1-3H3/t2*12-,14-,17-/m10/s1. The van der Waals surface area contributed by atoms with Gasteiger partial charge in [-0.25, -0.2) is 0 Å². The zero-order valence-electron chi connectivity index (χ0n) is 31.5. The molecule has 2 saturated carbocycles. The number of nitrogens with one attached hydrogen (secondary N) is 4. The molecule has 292 valence electrons. The van der Waals surface area contributed by atoms with E-state index in [1.165, 1.54) is 28.4 Å². The molecular formula is C38H50N6O10. The summed E-state index contributed by atoms with van der Waals surface area (Å²) in [4.78, 5) is 47.6. The van der Waals surface area contributed by atoms with E-state index < -0.39 is 45.3 Å². The van der Waals surface area contributed by atoms with Crippen LogP contribution in [0.25, 0.3) is 0 Å². The van der Waals surface area contributed by atoms with Crippen LogP contribution in [0.1, 0.15) is 37.8 Å². The van der Waals surface area contributed by atoms with Gasteiger partial charge in [0.2, 0.25) is 11.6 Å². The molecule has 2 aliphatic heterocycles. The van der Waals surface area contributed by atoms with Crippen LogP contribution in [-0.4, -0.2) is 86.6 Å². The Labute approximate surface area is 314 Å². The molecule has 6 atom stereocenters. The molecule has 2 heterocycles. The number of nitro groups is 2. The molecule has 4 N–H and O–H groups in total. The fourth-order valence-corrected chi connectivity index (χ4v) is 8.31. The molecule has 4 bridgehead atoms. The molecule has 4 aliphatic rings. The summed E-state index contributed by atoms with van der Waals surface area (Å²) in [6.45, 7) is 4.64. The molecule has 54 heavy (non-hydrogen) atoms. The lowest BCUT2D eigenvalue weighted by molar-refractivity contribution is -0.451. The van der Waals surface area contributed by atoms with Crippen molar-refractivity contribution in [1.29, 1.82) is 0 Å². The van der Waals surface area contributed by atoms with Crippen LogP contribution in [0, 0.1) is 43.9 Å². The minimum Gasteiger partial charge on any atom is -0.366 e. The van der Waals surface area contributed by atoms with Gasteiger partial charge in [-0.2, -0.15) is 0 Å². The predicted molar refractivity (Wildman–Crippen MR) is 196 cm³/mol. The summed E-state index contributed by atoms with van der Waals surface area (Å²) in [6.07, 6.45) is 1.48. The molecule has 16 heteroatoms. The predicted octanol–water partition coefficient (Wildman–Crippen LogP) is 2.90. The lowest BCUT2D eigenvalue weighted by atomic mass is 9.69. The first kappa shape index (κ1) is 40.3. The van der Waals surface area contributed by atoms with Gasteiger partial charge >= 0.3 is 0 Å². The van der Waals surface area contributed by atoms with Gasteiger partial charge in [0, 0.05) is 66.2 Å². The monoisotopic (exact) mass is 750 g/mol. The third kappa shape index (κ3) is 7.56. The molecule has 0 spiro atoms. The summed E-state index contributed by atoms with van der Waals surface area (Å²) in [6, 6.07) is 18.7. The normalized spacial score (nSPS) is 26.5. The fraction of sp³-hybridized carbons (Fsp3) is 0.526. The van der Waals surface area contributed by atoms with Gasteiger partial charge in [-0.15, -0.1) is 0 Å². The Hall–Kier alpha value is -4.90. The van der Waals surface area contributed by atoms with Crippen LogP contribution < -0.4 is 21.3 Å². The highest BCUT2D eigenvalue weighted by Crippen LogP contribution is 2.47. The van der Waals surface area contributed by atoms with Crippen molar-refractivity contribution in [2.45, 2.75) is 63.2 Å². The Kier molecular flexibility index (Phi) is 12.7. The number of nitrogens with zero attached hydrogens (tertiary/aromatic N) is 2. The van der Waals surface area contributed by atoms with Crippen molar-refractivity contribution in [3.8, 4) is 0 Å². The zero-order chi connectivity index (χ0) is 39.2. The number of rotatable bonds is 14. The molecule has 2 aromatic carbocycles. The van der Waals surface area contributed by atoms with E-state index in [9.17, 15) is 29.8 Å². The second-order valence-electron chi connectivity index (χ2n) is 13.9. The number of ether oxygens (including phenoxy) is 4. The first-order chi connectivity index (χ1) is 25.9. The maximum atomic E-state index is 12.4. The quantitative estimate of drug-likeness (QED) is 0.125. The SMILES string of the molecule is COC1(OC)[C@@H]2CC(=O)[C@@H](C)[C@H]1NC(NCCc1ccccc1)=C2[N+](=O)[O-].COC1(OC)[C@H]2CC(=O)[C@H](C)[C@@H]1NC(NCCc1ccccc1)=C2[N+](=O)[O-]. The summed E-state index contributed by atoms with van der Waals surface area (Å²) < 4.78 is 22.5. The molecule has 0 radical (unpaired) electrons. The Bertz CT molecular complexity index is 1620. The van der Waals surface area contributed by atoms with E-state index in [4.69, 9.17) is 18.9 Å². The van der Waals surface area contributed by atoms with Gasteiger partial charge < -0.3 is 40.2 Å². The molecule has 2 aromatic rings. The van der Waals surface area contributed by atoms with E-state index >= 15 is 0 Å². The summed E-state index contributed by atoms with van der Waals surface area (Å²) in [7, 11) is 5.83. The van der Waals surface area contributed by atoms with Crippen LogP contribution in [0.5, 0.6) is 0 Å². The van der Waals surface area contributed by atoms with Crippen LogP contribution in [0.4, 0.5) is 0 Å². The second kappa shape index (κ2) is 17.1. The Morgan fingerprint density at radius 2 is 0.981 bits per heavy atom. The zero-order valence-corrected chi connectivity index (χ0v) is 31.5. The maximum absolute atomic E-state index is 12.4. The van der Waals surface area contributed by atoms with Crippen LogP contribution in [-0.2, 0) is 41.4 Å². The summed E-state index contributed by atoms with van der Waals surface area (Å²) >= 11 is 0. The first-order valence-corrected chi connectivity index (χ1v) is 18.0. The van der Waals surface area contributed by atoms with E-state index in [-0.39, 0.29) is 47.6 Å². The van der Waals surface area contributed by atoms with Gasteiger partial charge in [-0.05, 0) is 24.0 Å². The smallest absolute Gasteiger partial charge is 0.294 e. The minimum absolute atomic E-state index is 0.0151. The molecule has 2 fully saturated rings. The van der Waals surface area contributed by atoms with Crippen molar-refractivity contribution < 1.29 is 38.4 Å². The number of hydrogen-bond donors (Lipinski definition) is 4. The van der Waals surface area contributed by atoms with Gasteiger partial charge in [0.25, 0.3) is 11.4 Å². The van der Waals surface area contributed by atoms with Gasteiger partial charge in [0.05, 0.1) is 21.9 Å². The first-order valence-electron chi connectivity index (χ1n) is 18.0.